The molecule has 96 valence electrons. The van der Waals surface area contributed by atoms with Crippen molar-refractivity contribution in [3.8, 4) is 0 Å². The molecule has 0 fully saturated rings. The SMILES string of the molecule is O=C(c1cccc(Br)c1F)C1CSc2ccccc21. The van der Waals surface area contributed by atoms with E-state index >= 15 is 0 Å². The number of carbonyl (C=O) groups excluding carboxylic acids is 1. The van der Waals surface area contributed by atoms with Gasteiger partial charge in [-0.3, -0.25) is 4.79 Å². The van der Waals surface area contributed by atoms with E-state index < -0.39 is 5.82 Å². The molecule has 0 amide bonds. The third-order valence-electron chi connectivity index (χ3n) is 3.23. The molecule has 1 aliphatic heterocycles. The van der Waals surface area contributed by atoms with Gasteiger partial charge in [-0.1, -0.05) is 24.3 Å². The van der Waals surface area contributed by atoms with Crippen molar-refractivity contribution in [2.24, 2.45) is 0 Å². The summed E-state index contributed by atoms with van der Waals surface area (Å²) in [6.45, 7) is 0. The Labute approximate surface area is 123 Å². The van der Waals surface area contributed by atoms with Gasteiger partial charge in [0, 0.05) is 10.6 Å². The third kappa shape index (κ3) is 2.23. The summed E-state index contributed by atoms with van der Waals surface area (Å²) in [4.78, 5) is 13.6. The molecule has 0 radical (unpaired) electrons. The highest BCUT2D eigenvalue weighted by Crippen LogP contribution is 2.41. The first-order valence-corrected chi connectivity index (χ1v) is 7.66. The first-order chi connectivity index (χ1) is 9.18. The van der Waals surface area contributed by atoms with Gasteiger partial charge in [-0.2, -0.15) is 0 Å². The number of carbonyl (C=O) groups is 1. The maximum atomic E-state index is 14.0. The number of halogens is 2. The highest BCUT2D eigenvalue weighted by Gasteiger charge is 2.31. The van der Waals surface area contributed by atoms with Gasteiger partial charge in [0.2, 0.25) is 0 Å². The minimum atomic E-state index is -0.470. The van der Waals surface area contributed by atoms with Crippen molar-refractivity contribution in [2.75, 3.05) is 5.75 Å². The molecule has 2 aromatic carbocycles. The second kappa shape index (κ2) is 5.10. The molecule has 1 nitrogen and oxygen atoms in total. The van der Waals surface area contributed by atoms with Crippen LogP contribution in [0.25, 0.3) is 0 Å². The monoisotopic (exact) mass is 336 g/mol. The zero-order valence-electron chi connectivity index (χ0n) is 9.90. The third-order valence-corrected chi connectivity index (χ3v) is 5.03. The molecule has 1 unspecified atom stereocenters. The first-order valence-electron chi connectivity index (χ1n) is 5.88. The van der Waals surface area contributed by atoms with Gasteiger partial charge in [0.15, 0.2) is 5.78 Å². The van der Waals surface area contributed by atoms with Crippen molar-refractivity contribution in [1.82, 2.24) is 0 Å². The Kier molecular flexibility index (Phi) is 3.46. The van der Waals surface area contributed by atoms with E-state index in [2.05, 4.69) is 15.9 Å². The van der Waals surface area contributed by atoms with E-state index in [1.165, 1.54) is 0 Å². The summed E-state index contributed by atoms with van der Waals surface area (Å²) < 4.78 is 14.3. The fourth-order valence-corrected chi connectivity index (χ4v) is 3.86. The van der Waals surface area contributed by atoms with Crippen molar-refractivity contribution in [3.63, 3.8) is 0 Å². The number of benzene rings is 2. The predicted octanol–water partition coefficient (Wildman–Crippen LogP) is 4.66. The summed E-state index contributed by atoms with van der Waals surface area (Å²) in [5, 5.41) is 0. The zero-order chi connectivity index (χ0) is 13.4. The van der Waals surface area contributed by atoms with E-state index in [0.29, 0.717) is 10.2 Å². The molecule has 1 heterocycles. The second-order valence-corrected chi connectivity index (χ2v) is 6.28. The van der Waals surface area contributed by atoms with Crippen LogP contribution in [0.5, 0.6) is 0 Å². The lowest BCUT2D eigenvalue weighted by Crippen LogP contribution is -2.14. The first kappa shape index (κ1) is 12.9. The lowest BCUT2D eigenvalue weighted by atomic mass is 9.92. The van der Waals surface area contributed by atoms with Gasteiger partial charge in [0.1, 0.15) is 5.82 Å². The Hall–Kier alpha value is -1.13. The minimum absolute atomic E-state index is 0.142. The van der Waals surface area contributed by atoms with Crippen LogP contribution in [0.1, 0.15) is 21.8 Å². The summed E-state index contributed by atoms with van der Waals surface area (Å²) in [5.74, 6) is -0.174. The number of rotatable bonds is 2. The molecule has 0 saturated carbocycles. The van der Waals surface area contributed by atoms with Gasteiger partial charge in [-0.05, 0) is 39.7 Å². The van der Waals surface area contributed by atoms with Crippen molar-refractivity contribution in [2.45, 2.75) is 10.8 Å². The molecule has 0 aromatic heterocycles. The molecule has 0 bridgehead atoms. The van der Waals surface area contributed by atoms with Gasteiger partial charge in [0.25, 0.3) is 0 Å². The van der Waals surface area contributed by atoms with Gasteiger partial charge in [0.05, 0.1) is 16.0 Å². The lowest BCUT2D eigenvalue weighted by Gasteiger charge is -2.11. The fourth-order valence-electron chi connectivity index (χ4n) is 2.26. The van der Waals surface area contributed by atoms with Crippen LogP contribution in [0.15, 0.2) is 51.8 Å². The Morgan fingerprint density at radius 3 is 2.84 bits per heavy atom. The van der Waals surface area contributed by atoms with Crippen LogP contribution in [0.4, 0.5) is 4.39 Å². The Morgan fingerprint density at radius 2 is 2.00 bits per heavy atom. The van der Waals surface area contributed by atoms with E-state index in [9.17, 15) is 9.18 Å². The molecule has 1 aliphatic rings. The van der Waals surface area contributed by atoms with Crippen LogP contribution in [-0.4, -0.2) is 11.5 Å². The van der Waals surface area contributed by atoms with E-state index in [4.69, 9.17) is 0 Å². The average molecular weight is 337 g/mol. The number of ketones is 1. The van der Waals surface area contributed by atoms with E-state index in [1.54, 1.807) is 30.0 Å². The molecule has 0 saturated heterocycles. The number of hydrogen-bond acceptors (Lipinski definition) is 2. The summed E-state index contributed by atoms with van der Waals surface area (Å²) in [6.07, 6.45) is 0. The average Bonchev–Trinajstić information content (AvgIpc) is 2.85. The van der Waals surface area contributed by atoms with Crippen molar-refractivity contribution >= 4 is 33.5 Å². The molecule has 4 heteroatoms. The summed E-state index contributed by atoms with van der Waals surface area (Å²) >= 11 is 4.78. The number of hydrogen-bond donors (Lipinski definition) is 0. The molecule has 1 atom stereocenters. The van der Waals surface area contributed by atoms with Gasteiger partial charge < -0.3 is 0 Å². The number of Topliss-reactive ketones (excluding diaryl/α,β-unsaturated/α-hetero) is 1. The molecule has 0 N–H and O–H groups in total. The van der Waals surface area contributed by atoms with Crippen molar-refractivity contribution in [3.05, 3.63) is 63.9 Å². The summed E-state index contributed by atoms with van der Waals surface area (Å²) in [6, 6.07) is 12.7. The van der Waals surface area contributed by atoms with Crippen LogP contribution in [-0.2, 0) is 0 Å². The molecule has 3 rings (SSSR count). The lowest BCUT2D eigenvalue weighted by molar-refractivity contribution is 0.0964. The van der Waals surface area contributed by atoms with Crippen LogP contribution >= 0.6 is 27.7 Å². The molecule has 2 aromatic rings. The molecular weight excluding hydrogens is 327 g/mol. The highest BCUT2D eigenvalue weighted by atomic mass is 79.9. The van der Waals surface area contributed by atoms with Gasteiger partial charge in [-0.15, -0.1) is 11.8 Å². The zero-order valence-corrected chi connectivity index (χ0v) is 12.3. The smallest absolute Gasteiger partial charge is 0.174 e. The van der Waals surface area contributed by atoms with Crippen LogP contribution in [0.2, 0.25) is 0 Å². The van der Waals surface area contributed by atoms with Crippen molar-refractivity contribution in [1.29, 1.82) is 0 Å². The number of fused-ring (bicyclic) bond motifs is 1. The Bertz CT molecular complexity index is 656. The van der Waals surface area contributed by atoms with E-state index in [1.807, 2.05) is 24.3 Å². The largest absolute Gasteiger partial charge is 0.293 e. The van der Waals surface area contributed by atoms with Crippen LogP contribution in [0.3, 0.4) is 0 Å². The van der Waals surface area contributed by atoms with Crippen LogP contribution < -0.4 is 0 Å². The molecule has 0 spiro atoms. The Balaban J connectivity index is 2.00. The summed E-state index contributed by atoms with van der Waals surface area (Å²) in [7, 11) is 0. The predicted molar refractivity (Wildman–Crippen MR) is 78.3 cm³/mol. The quantitative estimate of drug-likeness (QED) is 0.742. The summed E-state index contributed by atoms with van der Waals surface area (Å²) in [5.41, 5.74) is 1.17. The molecule has 0 aliphatic carbocycles. The number of thioether (sulfide) groups is 1. The maximum absolute atomic E-state index is 14.0. The van der Waals surface area contributed by atoms with Gasteiger partial charge in [-0.25, -0.2) is 4.39 Å². The van der Waals surface area contributed by atoms with Crippen molar-refractivity contribution < 1.29 is 9.18 Å². The topological polar surface area (TPSA) is 17.1 Å². The Morgan fingerprint density at radius 1 is 1.21 bits per heavy atom. The van der Waals surface area contributed by atoms with E-state index in [0.717, 1.165) is 10.5 Å². The fraction of sp³-hybridized carbons (Fsp3) is 0.133. The minimum Gasteiger partial charge on any atom is -0.293 e. The maximum Gasteiger partial charge on any atom is 0.174 e. The normalized spacial score (nSPS) is 17.3. The van der Waals surface area contributed by atoms with Gasteiger partial charge >= 0.3 is 0 Å². The molecular formula is C15H10BrFOS. The molecule has 19 heavy (non-hydrogen) atoms. The standard InChI is InChI=1S/C15H10BrFOS/c16-12-6-3-5-10(14(12)17)15(18)11-8-19-13-7-2-1-4-9(11)13/h1-7,11H,8H2. The highest BCUT2D eigenvalue weighted by molar-refractivity contribution is 9.10. The second-order valence-electron chi connectivity index (χ2n) is 4.37. The van der Waals surface area contributed by atoms with E-state index in [-0.39, 0.29) is 17.3 Å². The van der Waals surface area contributed by atoms with Crippen LogP contribution in [0, 0.1) is 5.82 Å².